The van der Waals surface area contributed by atoms with E-state index in [-0.39, 0.29) is 42.5 Å². The number of likely N-dealkylation sites (tertiary alicyclic amines) is 1. The maximum atomic E-state index is 15.0. The van der Waals surface area contributed by atoms with Crippen LogP contribution in [0.25, 0.3) is 0 Å². The number of nitrogens with zero attached hydrogens (tertiary/aromatic N) is 3. The number of thiazole rings is 1. The van der Waals surface area contributed by atoms with Crippen LogP contribution in [-0.4, -0.2) is 89.2 Å². The molecule has 0 amide bonds. The van der Waals surface area contributed by atoms with Crippen LogP contribution in [0.4, 0.5) is 8.78 Å². The molecule has 3 atom stereocenters. The number of aliphatic hydroxyl groups excluding tert-OH is 1. The van der Waals surface area contributed by atoms with Gasteiger partial charge < -0.3 is 25.1 Å². The van der Waals surface area contributed by atoms with Crippen LogP contribution in [0.1, 0.15) is 30.0 Å². The predicted molar refractivity (Wildman–Crippen MR) is 147 cm³/mol. The van der Waals surface area contributed by atoms with Gasteiger partial charge in [-0.2, -0.15) is 11.8 Å². The summed E-state index contributed by atoms with van der Waals surface area (Å²) in [7, 11) is 1.00. The van der Waals surface area contributed by atoms with Gasteiger partial charge in [0.25, 0.3) is 0 Å². The van der Waals surface area contributed by atoms with Crippen molar-refractivity contribution in [2.45, 2.75) is 25.6 Å². The fourth-order valence-electron chi connectivity index (χ4n) is 4.43. The molecule has 13 heteroatoms. The van der Waals surface area contributed by atoms with E-state index in [0.717, 1.165) is 19.5 Å². The molecule has 1 aromatic heterocycles. The summed E-state index contributed by atoms with van der Waals surface area (Å²) in [5.41, 5.74) is 0.878. The molecule has 212 valence electrons. The smallest absolute Gasteiger partial charge is 0.338 e. The van der Waals surface area contributed by atoms with Crippen molar-refractivity contribution in [1.82, 2.24) is 15.2 Å². The van der Waals surface area contributed by atoms with Crippen LogP contribution in [0.5, 0.6) is 5.75 Å². The standard InChI is InChI=1S/C25H28F2N4O4S2.CH4O/c1-2-35-25(34)21-19(13-31-7-5-15(18(27)12-31)14-36-10-8-32)29-23(24-28-6-9-37-24)30-22(21)17-4-3-16(26)11-20(17)33;1-2/h3-4,6,8-9,11,15,18,22,33H,2,5,7,10,12-14H2,1H3,(H,29,30);2H,1H3/t15?,18?,22-;/m0./s1. The fourth-order valence-corrected chi connectivity index (χ4v) is 5.93. The number of ether oxygens (including phenoxy) is 1. The van der Waals surface area contributed by atoms with Crippen molar-refractivity contribution in [3.63, 3.8) is 0 Å². The largest absolute Gasteiger partial charge is 0.507 e. The van der Waals surface area contributed by atoms with E-state index in [1.807, 2.05) is 4.90 Å². The molecule has 2 unspecified atom stereocenters. The van der Waals surface area contributed by atoms with Crippen LogP contribution in [0.15, 0.2) is 46.0 Å². The predicted octanol–water partition coefficient (Wildman–Crippen LogP) is 3.10. The van der Waals surface area contributed by atoms with Gasteiger partial charge in [-0.15, -0.1) is 11.3 Å². The first kappa shape index (κ1) is 30.7. The lowest BCUT2D eigenvalue weighted by molar-refractivity contribution is -0.139. The topological polar surface area (TPSA) is 124 Å². The molecular weight excluding hydrogens is 550 g/mol. The highest BCUT2D eigenvalue weighted by atomic mass is 32.2. The van der Waals surface area contributed by atoms with E-state index in [1.165, 1.54) is 35.2 Å². The number of rotatable bonds is 10. The van der Waals surface area contributed by atoms with Gasteiger partial charge in [-0.05, 0) is 37.8 Å². The Kier molecular flexibility index (Phi) is 11.8. The van der Waals surface area contributed by atoms with Crippen molar-refractivity contribution >= 4 is 41.2 Å². The minimum absolute atomic E-state index is 0.122. The molecule has 0 spiro atoms. The van der Waals surface area contributed by atoms with Crippen LogP contribution in [0, 0.1) is 11.7 Å². The average Bonchev–Trinajstić information content (AvgIpc) is 3.46. The Morgan fingerprint density at radius 3 is 2.82 bits per heavy atom. The summed E-state index contributed by atoms with van der Waals surface area (Å²) in [5.74, 6) is -0.410. The van der Waals surface area contributed by atoms with Gasteiger partial charge in [-0.3, -0.25) is 9.89 Å². The molecule has 1 saturated heterocycles. The average molecular weight is 583 g/mol. The highest BCUT2D eigenvalue weighted by Crippen LogP contribution is 2.38. The third-order valence-electron chi connectivity index (χ3n) is 6.20. The summed E-state index contributed by atoms with van der Waals surface area (Å²) >= 11 is 2.77. The summed E-state index contributed by atoms with van der Waals surface area (Å²) in [6, 6.07) is 2.58. The first-order valence-corrected chi connectivity index (χ1v) is 14.4. The zero-order chi connectivity index (χ0) is 28.4. The summed E-state index contributed by atoms with van der Waals surface area (Å²) in [5, 5.41) is 23.1. The van der Waals surface area contributed by atoms with Gasteiger partial charge in [0.1, 0.15) is 30.1 Å². The third-order valence-corrected chi connectivity index (χ3v) is 8.02. The second kappa shape index (κ2) is 15.1. The molecule has 0 bridgehead atoms. The summed E-state index contributed by atoms with van der Waals surface area (Å²) in [6.07, 6.45) is 1.99. The quantitative estimate of drug-likeness (QED) is 0.220. The molecule has 2 aliphatic rings. The Balaban J connectivity index is 0.00000205. The number of hydrogen-bond acceptors (Lipinski definition) is 11. The van der Waals surface area contributed by atoms with Gasteiger partial charge >= 0.3 is 5.97 Å². The van der Waals surface area contributed by atoms with Gasteiger partial charge in [0, 0.05) is 60.8 Å². The van der Waals surface area contributed by atoms with Crippen LogP contribution in [-0.2, 0) is 14.3 Å². The van der Waals surface area contributed by atoms with Gasteiger partial charge in [-0.1, -0.05) is 0 Å². The number of hydrogen-bond donors (Lipinski definition) is 3. The lowest BCUT2D eigenvalue weighted by Gasteiger charge is -2.36. The Morgan fingerprint density at radius 2 is 2.18 bits per heavy atom. The first-order chi connectivity index (χ1) is 18.9. The number of aliphatic hydroxyl groups is 1. The molecule has 0 radical (unpaired) electrons. The number of nitrogens with one attached hydrogen (secondary N) is 1. The molecule has 4 rings (SSSR count). The van der Waals surface area contributed by atoms with Crippen LogP contribution in [0.3, 0.4) is 0 Å². The second-order valence-corrected chi connectivity index (χ2v) is 10.6. The van der Waals surface area contributed by atoms with E-state index in [4.69, 9.17) is 9.84 Å². The molecule has 3 heterocycles. The number of carbonyl (C=O) groups is 2. The Hall–Kier alpha value is -2.87. The molecule has 2 aromatic rings. The number of esters is 1. The van der Waals surface area contributed by atoms with Crippen molar-refractivity contribution < 1.29 is 33.3 Å². The molecule has 9 nitrogen and oxygen atoms in total. The molecule has 2 aliphatic heterocycles. The molecule has 1 aromatic carbocycles. The van der Waals surface area contributed by atoms with Crippen LogP contribution < -0.4 is 5.32 Å². The first-order valence-electron chi connectivity index (χ1n) is 12.4. The summed E-state index contributed by atoms with van der Waals surface area (Å²) in [6.45, 7) is 2.79. The number of halogens is 2. The van der Waals surface area contributed by atoms with Gasteiger partial charge in [0.05, 0.1) is 12.2 Å². The number of aromatic hydroxyl groups is 1. The van der Waals surface area contributed by atoms with Crippen molar-refractivity contribution in [3.05, 3.63) is 57.4 Å². The number of benzene rings is 1. The van der Waals surface area contributed by atoms with Crippen molar-refractivity contribution in [2.24, 2.45) is 10.9 Å². The minimum Gasteiger partial charge on any atom is -0.507 e. The Labute approximate surface area is 234 Å². The maximum Gasteiger partial charge on any atom is 0.338 e. The molecular formula is C26H32F2N4O5S2. The number of aldehydes is 1. The highest BCUT2D eigenvalue weighted by molar-refractivity contribution is 7.99. The summed E-state index contributed by atoms with van der Waals surface area (Å²) < 4.78 is 34.1. The molecule has 0 aliphatic carbocycles. The Morgan fingerprint density at radius 1 is 1.38 bits per heavy atom. The maximum absolute atomic E-state index is 15.0. The van der Waals surface area contributed by atoms with Crippen molar-refractivity contribution in [1.29, 1.82) is 0 Å². The number of alkyl halides is 1. The van der Waals surface area contributed by atoms with E-state index >= 15 is 4.39 Å². The fraction of sp³-hybridized carbons (Fsp3) is 0.462. The normalized spacial score (nSPS) is 21.4. The Bertz CT molecular complexity index is 1180. The van der Waals surface area contributed by atoms with Crippen LogP contribution >= 0.6 is 23.1 Å². The number of thioether (sulfide) groups is 1. The number of amidine groups is 1. The van der Waals surface area contributed by atoms with E-state index in [9.17, 15) is 19.1 Å². The van der Waals surface area contributed by atoms with Crippen LogP contribution in [0.2, 0.25) is 0 Å². The molecule has 0 saturated carbocycles. The van der Waals surface area contributed by atoms with Crippen molar-refractivity contribution in [2.75, 3.05) is 44.9 Å². The van der Waals surface area contributed by atoms with Crippen molar-refractivity contribution in [3.8, 4) is 5.75 Å². The van der Waals surface area contributed by atoms with E-state index in [0.29, 0.717) is 41.0 Å². The number of piperidine rings is 1. The third kappa shape index (κ3) is 7.84. The lowest BCUT2D eigenvalue weighted by atomic mass is 9.93. The number of phenols is 1. The number of phenolic OH excluding ortho intramolecular Hbond substituents is 1. The van der Waals surface area contributed by atoms with Gasteiger partial charge in [-0.25, -0.2) is 18.6 Å². The highest BCUT2D eigenvalue weighted by Gasteiger charge is 2.36. The zero-order valence-corrected chi connectivity index (χ0v) is 23.3. The zero-order valence-electron chi connectivity index (χ0n) is 21.7. The number of aromatic nitrogens is 1. The summed E-state index contributed by atoms with van der Waals surface area (Å²) in [4.78, 5) is 34.7. The minimum atomic E-state index is -1.08. The van der Waals surface area contributed by atoms with E-state index < -0.39 is 24.0 Å². The van der Waals surface area contributed by atoms with E-state index in [1.54, 1.807) is 18.5 Å². The van der Waals surface area contributed by atoms with E-state index in [2.05, 4.69) is 15.3 Å². The molecule has 1 fully saturated rings. The van der Waals surface area contributed by atoms with Gasteiger partial charge in [0.15, 0.2) is 10.8 Å². The number of carbonyl (C=O) groups excluding carboxylic acids is 2. The lowest BCUT2D eigenvalue weighted by Crippen LogP contribution is -2.46. The number of aliphatic imine (C=N–C) groups is 1. The van der Waals surface area contributed by atoms with Gasteiger partial charge in [0.2, 0.25) is 0 Å². The monoisotopic (exact) mass is 582 g/mol. The molecule has 39 heavy (non-hydrogen) atoms. The molecule has 3 N–H and O–H groups in total. The SMILES string of the molecule is CCOC(=O)C1=C(CN2CCC(CSCC=O)C(F)C2)NC(c2nccs2)=N[C@H]1c1ccc(F)cc1O.CO. The second-order valence-electron chi connectivity index (χ2n) is 8.66.